The number of hydrogen-bond donors (Lipinski definition) is 0. The normalized spacial score (nSPS) is 32.7. The Hall–Kier alpha value is -2.21. The summed E-state index contributed by atoms with van der Waals surface area (Å²) in [5.41, 5.74) is 1.90. The van der Waals surface area contributed by atoms with Crippen molar-refractivity contribution in [3.05, 3.63) is 40.3 Å². The van der Waals surface area contributed by atoms with E-state index in [1.165, 1.54) is 64.2 Å². The molecule has 4 bridgehead atoms. The number of piperidine rings is 2. The molecule has 2 aliphatic heterocycles. The fourth-order valence-corrected chi connectivity index (χ4v) is 8.34. The van der Waals surface area contributed by atoms with Crippen LogP contribution in [-0.2, 0) is 16.0 Å². The summed E-state index contributed by atoms with van der Waals surface area (Å²) in [4.78, 5) is 33.6. The molecule has 2 aromatic rings. The molecule has 194 valence electrons. The number of para-hydroxylation sites is 2. The summed E-state index contributed by atoms with van der Waals surface area (Å²) >= 11 is 0. The van der Waals surface area contributed by atoms with Gasteiger partial charge in [-0.1, -0.05) is 44.2 Å². The molecule has 0 unspecified atom stereocenters. The van der Waals surface area contributed by atoms with Crippen LogP contribution in [0.25, 0.3) is 11.0 Å². The van der Waals surface area contributed by atoms with E-state index in [4.69, 9.17) is 4.74 Å². The van der Waals surface area contributed by atoms with E-state index < -0.39 is 0 Å². The number of aromatic nitrogens is 2. The summed E-state index contributed by atoms with van der Waals surface area (Å²) in [6, 6.07) is 9.92. The molecule has 6 rings (SSSR count). The van der Waals surface area contributed by atoms with Crippen LogP contribution in [0.5, 0.6) is 0 Å². The summed E-state index contributed by atoms with van der Waals surface area (Å²) in [6.07, 6.45) is 15.7. The Morgan fingerprint density at radius 3 is 2.28 bits per heavy atom. The molecule has 4 aliphatic rings. The topological polar surface area (TPSA) is 64.4 Å². The van der Waals surface area contributed by atoms with Crippen molar-refractivity contribution in [2.45, 2.75) is 115 Å². The molecule has 1 aromatic heterocycles. The van der Waals surface area contributed by atoms with Crippen LogP contribution < -0.4 is 5.56 Å². The van der Waals surface area contributed by atoms with E-state index in [-0.39, 0.29) is 24.0 Å². The molecular weight excluding hydrogens is 450 g/mol. The minimum atomic E-state index is -0.380. The lowest BCUT2D eigenvalue weighted by Crippen LogP contribution is -2.58. The van der Waals surface area contributed by atoms with Crippen molar-refractivity contribution >= 4 is 17.0 Å². The van der Waals surface area contributed by atoms with Gasteiger partial charge in [-0.05, 0) is 75.8 Å². The van der Waals surface area contributed by atoms with Crippen LogP contribution in [0, 0.1) is 11.8 Å². The third kappa shape index (κ3) is 4.62. The Balaban J connectivity index is 1.31. The van der Waals surface area contributed by atoms with Gasteiger partial charge in [0.25, 0.3) is 5.56 Å². The molecule has 0 spiro atoms. The van der Waals surface area contributed by atoms with Crippen molar-refractivity contribution in [2.24, 2.45) is 11.8 Å². The monoisotopic (exact) mass is 491 g/mol. The SMILES string of the molecule is CCOC(=O)Cc1nc2ccccc2n(C2C[C@H]3CCC[C@H](C2)N3C2C[C@@H]3CCCC[C@@H](C2)C3)c1=O. The van der Waals surface area contributed by atoms with Gasteiger partial charge in [-0.25, -0.2) is 4.98 Å². The fraction of sp³-hybridized carbons (Fsp3) is 0.700. The summed E-state index contributed by atoms with van der Waals surface area (Å²) in [5.74, 6) is 1.47. The lowest BCUT2D eigenvalue weighted by molar-refractivity contribution is -0.142. The average Bonchev–Trinajstić information content (AvgIpc) is 3.03. The molecule has 2 saturated heterocycles. The van der Waals surface area contributed by atoms with Crippen LogP contribution in [0.3, 0.4) is 0 Å². The number of hydrogen-bond acceptors (Lipinski definition) is 5. The smallest absolute Gasteiger partial charge is 0.312 e. The highest BCUT2D eigenvalue weighted by Crippen LogP contribution is 2.46. The second-order valence-corrected chi connectivity index (χ2v) is 11.9. The second-order valence-electron chi connectivity index (χ2n) is 11.9. The Morgan fingerprint density at radius 1 is 0.889 bits per heavy atom. The Labute approximate surface area is 214 Å². The van der Waals surface area contributed by atoms with Gasteiger partial charge in [-0.15, -0.1) is 0 Å². The maximum absolute atomic E-state index is 13.8. The highest BCUT2D eigenvalue weighted by atomic mass is 16.5. The maximum atomic E-state index is 13.8. The molecule has 4 fully saturated rings. The maximum Gasteiger partial charge on any atom is 0.312 e. The first kappa shape index (κ1) is 24.1. The van der Waals surface area contributed by atoms with Crippen LogP contribution in [-0.4, -0.2) is 45.2 Å². The molecule has 3 heterocycles. The standard InChI is InChI=1S/C30H41N3O3/c1-2-36-29(34)19-27-30(35)33(28-13-6-5-12-26(28)31-27)25-17-22-10-7-11-23(18-25)32(22)24-15-20-8-3-4-9-21(14-20)16-24/h5-6,12-13,20-25H,2-4,7-11,14-19H2,1H3/t20-,21-,22-,23-/m1/s1. The number of benzene rings is 1. The van der Waals surface area contributed by atoms with Crippen LogP contribution in [0.1, 0.15) is 95.7 Å². The number of esters is 1. The van der Waals surface area contributed by atoms with Gasteiger partial charge < -0.3 is 9.30 Å². The van der Waals surface area contributed by atoms with E-state index in [9.17, 15) is 9.59 Å². The first-order chi connectivity index (χ1) is 17.6. The minimum Gasteiger partial charge on any atom is -0.466 e. The van der Waals surface area contributed by atoms with Gasteiger partial charge in [-0.2, -0.15) is 0 Å². The fourth-order valence-electron chi connectivity index (χ4n) is 8.34. The van der Waals surface area contributed by atoms with E-state index >= 15 is 0 Å². The van der Waals surface area contributed by atoms with Crippen LogP contribution >= 0.6 is 0 Å². The Bertz CT molecular complexity index is 1130. The highest BCUT2D eigenvalue weighted by molar-refractivity contribution is 5.77. The largest absolute Gasteiger partial charge is 0.466 e. The summed E-state index contributed by atoms with van der Waals surface area (Å²) in [6.45, 7) is 2.10. The Morgan fingerprint density at radius 2 is 1.58 bits per heavy atom. The van der Waals surface area contributed by atoms with Gasteiger partial charge >= 0.3 is 5.97 Å². The number of fused-ring (bicyclic) bond motifs is 5. The first-order valence-corrected chi connectivity index (χ1v) is 14.5. The molecule has 2 aliphatic carbocycles. The Kier molecular flexibility index (Phi) is 6.89. The average molecular weight is 492 g/mol. The summed E-state index contributed by atoms with van der Waals surface area (Å²) in [7, 11) is 0. The van der Waals surface area contributed by atoms with Gasteiger partial charge in [0.15, 0.2) is 0 Å². The van der Waals surface area contributed by atoms with Crippen LogP contribution in [0.2, 0.25) is 0 Å². The van der Waals surface area contributed by atoms with E-state index in [2.05, 4.69) is 9.88 Å². The first-order valence-electron chi connectivity index (χ1n) is 14.5. The van der Waals surface area contributed by atoms with Crippen molar-refractivity contribution < 1.29 is 9.53 Å². The van der Waals surface area contributed by atoms with Gasteiger partial charge in [0, 0.05) is 24.2 Å². The third-order valence-electron chi connectivity index (χ3n) is 9.62. The number of nitrogens with zero attached hydrogens (tertiary/aromatic N) is 3. The number of carbonyl (C=O) groups is 1. The highest BCUT2D eigenvalue weighted by Gasteiger charge is 2.45. The molecule has 4 atom stereocenters. The molecule has 6 heteroatoms. The molecule has 0 amide bonds. The second kappa shape index (κ2) is 10.3. The molecule has 36 heavy (non-hydrogen) atoms. The van der Waals surface area contributed by atoms with Crippen LogP contribution in [0.15, 0.2) is 29.1 Å². The van der Waals surface area contributed by atoms with Crippen molar-refractivity contribution in [3.63, 3.8) is 0 Å². The van der Waals surface area contributed by atoms with Crippen molar-refractivity contribution in [1.29, 1.82) is 0 Å². The van der Waals surface area contributed by atoms with E-state index in [1.807, 2.05) is 28.8 Å². The zero-order valence-electron chi connectivity index (χ0n) is 21.7. The van der Waals surface area contributed by atoms with Gasteiger partial charge in [0.05, 0.1) is 24.1 Å². The van der Waals surface area contributed by atoms with Gasteiger partial charge in [0.2, 0.25) is 0 Å². The minimum absolute atomic E-state index is 0.0614. The van der Waals surface area contributed by atoms with E-state index in [0.717, 1.165) is 41.8 Å². The van der Waals surface area contributed by atoms with Crippen molar-refractivity contribution in [2.75, 3.05) is 6.61 Å². The molecule has 1 aromatic carbocycles. The summed E-state index contributed by atoms with van der Waals surface area (Å²) < 4.78 is 7.15. The predicted octanol–water partition coefficient (Wildman–Crippen LogP) is 5.42. The van der Waals surface area contributed by atoms with Crippen molar-refractivity contribution in [3.8, 4) is 0 Å². The third-order valence-corrected chi connectivity index (χ3v) is 9.62. The van der Waals surface area contributed by atoms with E-state index in [0.29, 0.717) is 24.4 Å². The molecule has 2 saturated carbocycles. The van der Waals surface area contributed by atoms with Crippen LogP contribution in [0.4, 0.5) is 0 Å². The van der Waals surface area contributed by atoms with E-state index in [1.54, 1.807) is 6.92 Å². The number of carbonyl (C=O) groups excluding carboxylic acids is 1. The molecular formula is C30H41N3O3. The lowest BCUT2D eigenvalue weighted by Gasteiger charge is -2.54. The lowest BCUT2D eigenvalue weighted by atomic mass is 9.73. The number of ether oxygens (including phenoxy) is 1. The quantitative estimate of drug-likeness (QED) is 0.523. The predicted molar refractivity (Wildman–Crippen MR) is 141 cm³/mol. The number of rotatable bonds is 5. The van der Waals surface area contributed by atoms with Gasteiger partial charge in [0.1, 0.15) is 5.69 Å². The van der Waals surface area contributed by atoms with Gasteiger partial charge in [-0.3, -0.25) is 14.5 Å². The zero-order chi connectivity index (χ0) is 24.6. The summed E-state index contributed by atoms with van der Waals surface area (Å²) in [5, 5.41) is 0. The molecule has 6 nitrogen and oxygen atoms in total. The molecule has 0 radical (unpaired) electrons. The van der Waals surface area contributed by atoms with Crippen molar-refractivity contribution in [1.82, 2.24) is 14.5 Å². The zero-order valence-corrected chi connectivity index (χ0v) is 21.7. The molecule has 0 N–H and O–H groups in total.